The average Bonchev–Trinajstić information content (AvgIpc) is 2.28. The van der Waals surface area contributed by atoms with Crippen molar-refractivity contribution in [2.75, 3.05) is 0 Å². The van der Waals surface area contributed by atoms with Crippen molar-refractivity contribution >= 4 is 5.97 Å². The molecule has 5 heteroatoms. The summed E-state index contributed by atoms with van der Waals surface area (Å²) < 4.78 is 18.8. The number of hydrogen-bond acceptors (Lipinski definition) is 3. The lowest BCUT2D eigenvalue weighted by molar-refractivity contribution is 0.0502. The molecular weight excluding hydrogens is 261 g/mol. The van der Waals surface area contributed by atoms with Crippen LogP contribution < -0.4 is 4.74 Å². The Bertz CT molecular complexity index is 516. The number of aromatic carboxylic acids is 1. The molecule has 4 nitrogen and oxygen atoms in total. The molecule has 1 saturated carbocycles. The van der Waals surface area contributed by atoms with Gasteiger partial charge in [-0.2, -0.15) is 0 Å². The van der Waals surface area contributed by atoms with Crippen LogP contribution >= 0.6 is 0 Å². The summed E-state index contributed by atoms with van der Waals surface area (Å²) in [7, 11) is 0. The molecular formula is C15H20FNO3. The van der Waals surface area contributed by atoms with Gasteiger partial charge >= 0.3 is 5.97 Å². The van der Waals surface area contributed by atoms with Gasteiger partial charge in [0.05, 0.1) is 6.20 Å². The molecule has 0 saturated heterocycles. The summed E-state index contributed by atoms with van der Waals surface area (Å²) in [6.45, 7) is 6.51. The lowest BCUT2D eigenvalue weighted by atomic mass is 9.71. The normalized spacial score (nSPS) is 25.2. The maximum absolute atomic E-state index is 13.1. The summed E-state index contributed by atoms with van der Waals surface area (Å²) in [6.07, 6.45) is 3.73. The standard InChI is InChI=1S/C15H20FNO3/c1-9-4-11(7-15(2,3)6-9)20-13-12(14(18)19)5-10(16)8-17-13/h5,8-9,11H,4,6-7H2,1-3H3,(H,18,19). The van der Waals surface area contributed by atoms with E-state index in [4.69, 9.17) is 9.84 Å². The van der Waals surface area contributed by atoms with Crippen molar-refractivity contribution in [3.05, 3.63) is 23.6 Å². The van der Waals surface area contributed by atoms with Gasteiger partial charge in [0, 0.05) is 0 Å². The average molecular weight is 281 g/mol. The molecule has 1 N–H and O–H groups in total. The SMILES string of the molecule is CC1CC(Oc2ncc(F)cc2C(=O)O)CC(C)(C)C1. The van der Waals surface area contributed by atoms with Gasteiger partial charge in [0.1, 0.15) is 17.5 Å². The van der Waals surface area contributed by atoms with Crippen LogP contribution in [0, 0.1) is 17.2 Å². The molecule has 1 aromatic heterocycles. The minimum Gasteiger partial charge on any atom is -0.477 e. The van der Waals surface area contributed by atoms with Crippen molar-refractivity contribution in [1.29, 1.82) is 0 Å². The second-order valence-corrected chi connectivity index (χ2v) is 6.46. The summed E-state index contributed by atoms with van der Waals surface area (Å²) in [5, 5.41) is 9.09. The summed E-state index contributed by atoms with van der Waals surface area (Å²) in [6, 6.07) is 0.946. The Labute approximate surface area is 118 Å². The highest BCUT2D eigenvalue weighted by Gasteiger charge is 2.34. The first-order chi connectivity index (χ1) is 9.27. The molecule has 1 heterocycles. The van der Waals surface area contributed by atoms with E-state index in [2.05, 4.69) is 25.8 Å². The second kappa shape index (κ2) is 5.38. The first-order valence-electron chi connectivity index (χ1n) is 6.82. The van der Waals surface area contributed by atoms with Crippen LogP contribution in [-0.2, 0) is 0 Å². The minimum absolute atomic E-state index is 0.00815. The van der Waals surface area contributed by atoms with Crippen LogP contribution in [0.2, 0.25) is 0 Å². The van der Waals surface area contributed by atoms with Gasteiger partial charge < -0.3 is 9.84 Å². The molecule has 20 heavy (non-hydrogen) atoms. The number of pyridine rings is 1. The highest BCUT2D eigenvalue weighted by atomic mass is 19.1. The fourth-order valence-corrected chi connectivity index (χ4v) is 3.18. The topological polar surface area (TPSA) is 59.4 Å². The van der Waals surface area contributed by atoms with Gasteiger partial charge in [-0.05, 0) is 36.7 Å². The van der Waals surface area contributed by atoms with E-state index in [1.807, 2.05) is 0 Å². The van der Waals surface area contributed by atoms with E-state index in [0.717, 1.165) is 31.5 Å². The first-order valence-corrected chi connectivity index (χ1v) is 6.82. The Morgan fingerprint density at radius 3 is 2.80 bits per heavy atom. The number of carbonyl (C=O) groups is 1. The number of hydrogen-bond donors (Lipinski definition) is 1. The highest BCUT2D eigenvalue weighted by Crippen LogP contribution is 2.40. The smallest absolute Gasteiger partial charge is 0.341 e. The number of carboxylic acid groups (broad SMARTS) is 1. The van der Waals surface area contributed by atoms with Gasteiger partial charge in [0.25, 0.3) is 0 Å². The third-order valence-electron chi connectivity index (χ3n) is 3.67. The number of ether oxygens (including phenoxy) is 1. The van der Waals surface area contributed by atoms with E-state index in [9.17, 15) is 9.18 Å². The zero-order valence-corrected chi connectivity index (χ0v) is 12.0. The van der Waals surface area contributed by atoms with E-state index in [1.165, 1.54) is 0 Å². The van der Waals surface area contributed by atoms with Gasteiger partial charge in [-0.3, -0.25) is 0 Å². The highest BCUT2D eigenvalue weighted by molar-refractivity contribution is 5.90. The quantitative estimate of drug-likeness (QED) is 0.921. The molecule has 1 aliphatic rings. The molecule has 1 aliphatic carbocycles. The van der Waals surface area contributed by atoms with Crippen LogP contribution in [0.3, 0.4) is 0 Å². The van der Waals surface area contributed by atoms with Crippen molar-refractivity contribution in [2.45, 2.75) is 46.1 Å². The van der Waals surface area contributed by atoms with Gasteiger partial charge in [-0.25, -0.2) is 14.2 Å². The second-order valence-electron chi connectivity index (χ2n) is 6.46. The molecule has 1 aromatic rings. The Morgan fingerprint density at radius 2 is 2.20 bits per heavy atom. The third-order valence-corrected chi connectivity index (χ3v) is 3.67. The molecule has 0 aromatic carbocycles. The van der Waals surface area contributed by atoms with E-state index in [1.54, 1.807) is 0 Å². The summed E-state index contributed by atoms with van der Waals surface area (Å²) in [4.78, 5) is 14.9. The van der Waals surface area contributed by atoms with E-state index < -0.39 is 11.8 Å². The molecule has 0 bridgehead atoms. The maximum Gasteiger partial charge on any atom is 0.341 e. The maximum atomic E-state index is 13.1. The Morgan fingerprint density at radius 1 is 1.50 bits per heavy atom. The molecule has 0 spiro atoms. The minimum atomic E-state index is -1.23. The number of carboxylic acids is 1. The fourth-order valence-electron chi connectivity index (χ4n) is 3.18. The zero-order chi connectivity index (χ0) is 14.9. The predicted molar refractivity (Wildman–Crippen MR) is 72.4 cm³/mol. The van der Waals surface area contributed by atoms with E-state index in [-0.39, 0.29) is 23.0 Å². The Kier molecular flexibility index (Phi) is 3.97. The van der Waals surface area contributed by atoms with Crippen molar-refractivity contribution in [3.63, 3.8) is 0 Å². The number of nitrogens with zero attached hydrogens (tertiary/aromatic N) is 1. The Balaban J connectivity index is 2.19. The van der Waals surface area contributed by atoms with Crippen LogP contribution in [0.25, 0.3) is 0 Å². The van der Waals surface area contributed by atoms with Crippen LogP contribution in [0.1, 0.15) is 50.4 Å². The van der Waals surface area contributed by atoms with Crippen LogP contribution in [0.5, 0.6) is 5.88 Å². The molecule has 0 amide bonds. The lowest BCUT2D eigenvalue weighted by Crippen LogP contribution is -2.34. The monoisotopic (exact) mass is 281 g/mol. The van der Waals surface area contributed by atoms with Gasteiger partial charge in [0.15, 0.2) is 0 Å². The largest absolute Gasteiger partial charge is 0.477 e. The fraction of sp³-hybridized carbons (Fsp3) is 0.600. The van der Waals surface area contributed by atoms with Gasteiger partial charge in [-0.1, -0.05) is 20.8 Å². The molecule has 1 fully saturated rings. The van der Waals surface area contributed by atoms with Crippen molar-refractivity contribution < 1.29 is 19.0 Å². The molecule has 0 radical (unpaired) electrons. The third kappa shape index (κ3) is 3.46. The Hall–Kier alpha value is -1.65. The molecule has 2 rings (SSSR count). The number of rotatable bonds is 3. The molecule has 0 aliphatic heterocycles. The zero-order valence-electron chi connectivity index (χ0n) is 12.0. The summed E-state index contributed by atoms with van der Waals surface area (Å²) in [5.74, 6) is -1.38. The molecule has 2 atom stereocenters. The predicted octanol–water partition coefficient (Wildman–Crippen LogP) is 3.51. The van der Waals surface area contributed by atoms with Crippen LogP contribution in [0.4, 0.5) is 4.39 Å². The van der Waals surface area contributed by atoms with Crippen LogP contribution in [0.15, 0.2) is 12.3 Å². The molecule has 110 valence electrons. The van der Waals surface area contributed by atoms with Gasteiger partial charge in [0.2, 0.25) is 5.88 Å². The van der Waals surface area contributed by atoms with Gasteiger partial charge in [-0.15, -0.1) is 0 Å². The number of aromatic nitrogens is 1. The van der Waals surface area contributed by atoms with Crippen LogP contribution in [-0.4, -0.2) is 22.2 Å². The summed E-state index contributed by atoms with van der Waals surface area (Å²) in [5.41, 5.74) is -0.0628. The van der Waals surface area contributed by atoms with E-state index in [0.29, 0.717) is 5.92 Å². The molecule has 2 unspecified atom stereocenters. The summed E-state index contributed by atoms with van der Waals surface area (Å²) >= 11 is 0. The van der Waals surface area contributed by atoms with Crippen molar-refractivity contribution in [3.8, 4) is 5.88 Å². The van der Waals surface area contributed by atoms with E-state index >= 15 is 0 Å². The number of halogens is 1. The van der Waals surface area contributed by atoms with Crippen molar-refractivity contribution in [2.24, 2.45) is 11.3 Å². The van der Waals surface area contributed by atoms with Crippen molar-refractivity contribution in [1.82, 2.24) is 4.98 Å². The first kappa shape index (κ1) is 14.8. The lowest BCUT2D eigenvalue weighted by Gasteiger charge is -2.38.